The quantitative estimate of drug-likeness (QED) is 0.0122. The van der Waals surface area contributed by atoms with Crippen LogP contribution in [0.3, 0.4) is 0 Å². The van der Waals surface area contributed by atoms with Gasteiger partial charge in [0.25, 0.3) is 6.43 Å². The van der Waals surface area contributed by atoms with Crippen molar-refractivity contribution < 1.29 is 78.7 Å². The molecule has 23 nitrogen and oxygen atoms in total. The van der Waals surface area contributed by atoms with E-state index in [0.29, 0.717) is 68.9 Å². The number of sulfonamides is 3. The molecule has 0 saturated heterocycles. The molecule has 119 heavy (non-hydrogen) atoms. The molecule has 8 aromatic carbocycles. The van der Waals surface area contributed by atoms with Crippen LogP contribution in [0.2, 0.25) is 5.02 Å². The molecule has 5 heterocycles. The molecule has 0 saturated carbocycles. The molecule has 626 valence electrons. The molecule has 1 atom stereocenters. The van der Waals surface area contributed by atoms with Crippen molar-refractivity contribution in [2.45, 2.75) is 111 Å². The molecule has 0 fully saturated rings. The Morgan fingerprint density at radius 2 is 1.23 bits per heavy atom. The largest absolute Gasteiger partial charge is 0.457 e. The number of benzene rings is 8. The maximum absolute atomic E-state index is 13.1. The van der Waals surface area contributed by atoms with Crippen molar-refractivity contribution >= 4 is 142 Å². The number of nitrogens with one attached hydrogen (secondary N) is 2. The normalized spacial score (nSPS) is 13.3. The van der Waals surface area contributed by atoms with Gasteiger partial charge in [0, 0.05) is 83.3 Å². The van der Waals surface area contributed by atoms with E-state index in [1.54, 1.807) is 97.1 Å². The third-order valence-electron chi connectivity index (χ3n) is 17.4. The number of rotatable bonds is 22. The van der Waals surface area contributed by atoms with Crippen molar-refractivity contribution in [1.82, 2.24) is 29.3 Å². The van der Waals surface area contributed by atoms with E-state index >= 15 is 0 Å². The van der Waals surface area contributed by atoms with Crippen LogP contribution in [-0.4, -0.2) is 104 Å². The maximum Gasteiger partial charge on any atom is 0.434 e. The first-order valence-electron chi connectivity index (χ1n) is 35.4. The number of esters is 1. The number of nitrogens with zero attached hydrogens (tertiary/aromatic N) is 6. The van der Waals surface area contributed by atoms with Crippen molar-refractivity contribution in [3.63, 3.8) is 0 Å². The highest BCUT2D eigenvalue weighted by atomic mass is 35.5. The van der Waals surface area contributed by atoms with E-state index in [9.17, 15) is 64.6 Å². The predicted molar refractivity (Wildman–Crippen MR) is 460 cm³/mol. The Balaban J connectivity index is 0.000000157. The number of pyridine rings is 1. The van der Waals surface area contributed by atoms with Crippen molar-refractivity contribution in [3.05, 3.63) is 273 Å². The zero-order valence-corrected chi connectivity index (χ0v) is 72.7. The summed E-state index contributed by atoms with van der Waals surface area (Å²) in [5.41, 5.74) is 13.0. The van der Waals surface area contributed by atoms with Crippen molar-refractivity contribution in [2.24, 2.45) is 11.0 Å². The number of allylic oxidation sites excluding steroid dienone is 2. The summed E-state index contributed by atoms with van der Waals surface area (Å²) in [5.74, 6) is 8.13. The number of nitrogens with two attached hydrogens (primary N) is 2. The maximum atomic E-state index is 13.1. The minimum atomic E-state index is -4.56. The molecule has 0 amide bonds. The van der Waals surface area contributed by atoms with Crippen molar-refractivity contribution in [1.29, 1.82) is 0 Å². The molecule has 38 heteroatoms. The van der Waals surface area contributed by atoms with E-state index in [2.05, 4.69) is 75.9 Å². The number of imidazole rings is 1. The van der Waals surface area contributed by atoms with Gasteiger partial charge in [0.05, 0.1) is 73.4 Å². The van der Waals surface area contributed by atoms with Crippen LogP contribution in [0.4, 0.5) is 33.3 Å². The number of hydrogen-bond donors (Lipinski definition) is 4. The fourth-order valence-corrected chi connectivity index (χ4v) is 18.5. The molecule has 1 aliphatic heterocycles. The molecule has 14 rings (SSSR count). The second-order valence-corrected chi connectivity index (χ2v) is 40.9. The standard InChI is InChI=1S/C19H20O2S.C17H14F3N3OS.C17H15F2N3O2S.C14H15ClN2O4S3.C14H14N2O4S3/c1-14-6-8-15(9-7-14)18-4-3-5-19(18)16-10-12-17(13-11-16)22(2,20)21;1-25(2,24)14-7-5-13(6-8-14)23-11-15(17(18,19)20)22-16(23)12-4-3-9-21-10-12;1-11-2-4-12(5-3-11)16-10-15(17(18)19)21-22(16)13-6-8-14(9-7-13)25-24-23-20;1-9-3-6-13(11(15)7-9)22-14-8-10(24(16,20)21)4-5-12(14)17-23(2,18)19;1-3-9-7-21-14(15-9)22-12-5-10-8(6-20-13(10)17)4-11(12)16-23(2,18)19/h6-13H,3-5H2,1-2H3;3-11H,1H2,2H3;2-10,17H,20H2,1H3;3-8,17H,1-2H3,(H2,16,20,21);4-5,7,16H,3,6H2,1-2H3. The first-order chi connectivity index (χ1) is 56.0. The van der Waals surface area contributed by atoms with Crippen molar-refractivity contribution in [3.8, 4) is 34.0 Å². The highest BCUT2D eigenvalue weighted by molar-refractivity contribution is 8.01. The van der Waals surface area contributed by atoms with Crippen molar-refractivity contribution in [2.75, 3.05) is 34.5 Å². The van der Waals surface area contributed by atoms with Gasteiger partial charge >= 0.3 is 12.1 Å². The number of sulfone groups is 1. The minimum absolute atomic E-state index is 0.118. The Morgan fingerprint density at radius 1 is 0.655 bits per heavy atom. The van der Waals surface area contributed by atoms with Crippen LogP contribution in [-0.2, 0) is 82.7 Å². The molecule has 0 bridgehead atoms. The van der Waals surface area contributed by atoms with E-state index in [4.69, 9.17) is 27.4 Å². The number of aryl methyl sites for hydroxylation is 4. The number of thiazole rings is 1. The lowest BCUT2D eigenvalue weighted by Crippen LogP contribution is -2.14. The van der Waals surface area contributed by atoms with E-state index in [1.165, 1.54) is 104 Å². The fraction of sp³-hybridized carbons (Fsp3) is 0.185. The Labute approximate surface area is 708 Å². The number of aromatic nitrogens is 6. The monoisotopic (exact) mass is 1820 g/mol. The summed E-state index contributed by atoms with van der Waals surface area (Å²) in [7, 11) is -16.4. The van der Waals surface area contributed by atoms with Crippen LogP contribution in [0.25, 0.3) is 45.2 Å². The van der Waals surface area contributed by atoms with Gasteiger partial charge in [0.15, 0.2) is 19.9 Å². The molecule has 1 aliphatic carbocycles. The SMILES string of the molecule is C=S(C)(=O)c1ccc(-n2cc(C(F)(F)F)nc2-c2cccnc2)cc1.CCc1csc(Sc2cc3c(cc2NS(C)(=O)=O)COC3=O)n1.Cc1ccc(-c2cc(C(F)F)nn2-c2ccc(SOON)cc2)cc1.Cc1ccc(C2=C(c3ccc(S(C)(=O)=O)cc3)CCC2)cc1.Cc1ccc(Sc2cc(S(N)(=O)=O)ccc2NS(C)(=O)=O)c(Cl)c1. The number of anilines is 2. The Bertz CT molecular complexity index is 6290. The summed E-state index contributed by atoms with van der Waals surface area (Å²) >= 11 is 11.1. The lowest BCUT2D eigenvalue weighted by molar-refractivity contribution is -0.195. The van der Waals surface area contributed by atoms with Crippen LogP contribution >= 0.6 is 58.5 Å². The Morgan fingerprint density at radius 3 is 1.76 bits per heavy atom. The zero-order valence-electron chi connectivity index (χ0n) is 64.6. The molecule has 0 spiro atoms. The van der Waals surface area contributed by atoms with Gasteiger partial charge in [0.2, 0.25) is 30.1 Å². The summed E-state index contributed by atoms with van der Waals surface area (Å²) < 4.78 is 188. The van der Waals surface area contributed by atoms with Gasteiger partial charge in [0.1, 0.15) is 18.1 Å². The summed E-state index contributed by atoms with van der Waals surface area (Å²) in [6.07, 6.45) is 5.69. The smallest absolute Gasteiger partial charge is 0.434 e. The fourth-order valence-electron chi connectivity index (χ4n) is 11.6. The Hall–Kier alpha value is -9.58. The molecule has 4 aromatic heterocycles. The number of carbonyl (C=O) groups is 1. The van der Waals surface area contributed by atoms with Gasteiger partial charge in [-0.05, 0) is 211 Å². The molecule has 12 aromatic rings. The summed E-state index contributed by atoms with van der Waals surface area (Å²) in [4.78, 5) is 31.1. The average Bonchev–Trinajstić information content (AvgIpc) is 1.68. The number of alkyl halides is 5. The van der Waals surface area contributed by atoms with Gasteiger partial charge in [-0.15, -0.1) is 20.7 Å². The van der Waals surface area contributed by atoms with Gasteiger partial charge in [-0.2, -0.15) is 24.2 Å². The zero-order chi connectivity index (χ0) is 86.5. The molecule has 2 aliphatic rings. The number of primary sulfonamides is 1. The van der Waals surface area contributed by atoms with Crippen LogP contribution in [0.15, 0.2) is 251 Å². The summed E-state index contributed by atoms with van der Waals surface area (Å²) in [5, 5.41) is 11.6. The lowest BCUT2D eigenvalue weighted by atomic mass is 9.96. The number of halogens is 6. The molecule has 6 N–H and O–H groups in total. The van der Waals surface area contributed by atoms with Gasteiger partial charge in [-0.3, -0.25) is 23.2 Å². The number of hydrogen-bond acceptors (Lipinski definition) is 22. The second-order valence-electron chi connectivity index (χ2n) is 26.9. The number of carbonyl (C=O) groups excluding carboxylic acids is 1. The second kappa shape index (κ2) is 39.3. The van der Waals surface area contributed by atoms with Gasteiger partial charge in [-0.1, -0.05) is 120 Å². The Kier molecular flexibility index (Phi) is 30.3. The van der Waals surface area contributed by atoms with E-state index in [1.807, 2.05) is 68.6 Å². The van der Waals surface area contributed by atoms with E-state index in [0.717, 1.165) is 105 Å². The topological polar surface area (TPSA) is 336 Å². The summed E-state index contributed by atoms with van der Waals surface area (Å²) in [6.45, 7) is 8.13. The predicted octanol–water partition coefficient (Wildman–Crippen LogP) is 18.5. The first kappa shape index (κ1) is 91.7. The highest BCUT2D eigenvalue weighted by Gasteiger charge is 2.36. The van der Waals surface area contributed by atoms with Crippen LogP contribution in [0.1, 0.15) is 93.4 Å². The highest BCUT2D eigenvalue weighted by Crippen LogP contribution is 2.44. The minimum Gasteiger partial charge on any atom is -0.457 e. The molecule has 1 unspecified atom stereocenters. The van der Waals surface area contributed by atoms with Crippen LogP contribution in [0, 0.1) is 20.8 Å². The number of cyclic esters (lactones) is 1. The molecular formula is C81H78ClF5N10O13S9. The average molecular weight is 1820 g/mol. The summed E-state index contributed by atoms with van der Waals surface area (Å²) in [6, 6.07) is 54.2. The first-order valence-corrected chi connectivity index (χ1v) is 48.4. The number of ether oxygens (including phenoxy) is 1. The molecule has 0 radical (unpaired) electrons. The van der Waals surface area contributed by atoms with E-state index in [-0.39, 0.29) is 34.7 Å². The lowest BCUT2D eigenvalue weighted by Gasteiger charge is -2.13. The van der Waals surface area contributed by atoms with E-state index < -0.39 is 67.7 Å². The molecular weight excluding hydrogens is 1740 g/mol. The number of fused-ring (bicyclic) bond motifs is 1. The van der Waals surface area contributed by atoms with Gasteiger partial charge in [-0.25, -0.2) is 67.0 Å². The van der Waals surface area contributed by atoms with Gasteiger partial charge < -0.3 is 4.74 Å². The third kappa shape index (κ3) is 25.7. The van der Waals surface area contributed by atoms with Crippen LogP contribution in [0.5, 0.6) is 0 Å². The van der Waals surface area contributed by atoms with Crippen LogP contribution < -0.4 is 20.5 Å². The third-order valence-corrected chi connectivity index (χ3v) is 26.1.